The highest BCUT2D eigenvalue weighted by atomic mass is 32.2. The summed E-state index contributed by atoms with van der Waals surface area (Å²) in [5, 5.41) is 9.65. The average Bonchev–Trinajstić information content (AvgIpc) is 3.29. The minimum Gasteiger partial charge on any atom is -0.349 e. The minimum atomic E-state index is -4.18. The number of benzene rings is 1. The highest BCUT2D eigenvalue weighted by molar-refractivity contribution is 7.89. The van der Waals surface area contributed by atoms with Crippen molar-refractivity contribution in [3.05, 3.63) is 60.2 Å². The van der Waals surface area contributed by atoms with Crippen molar-refractivity contribution in [3.8, 4) is 11.4 Å². The number of hydrogen-bond donors (Lipinski definition) is 2. The van der Waals surface area contributed by atoms with Gasteiger partial charge < -0.3 is 5.32 Å². The lowest BCUT2D eigenvalue weighted by atomic mass is 9.97. The van der Waals surface area contributed by atoms with Gasteiger partial charge in [-0.3, -0.25) is 14.9 Å². The van der Waals surface area contributed by atoms with E-state index < -0.39 is 32.5 Å². The second kappa shape index (κ2) is 9.09. The Morgan fingerprint density at radius 2 is 1.88 bits per heavy atom. The van der Waals surface area contributed by atoms with Crippen molar-refractivity contribution in [2.24, 2.45) is 5.92 Å². The van der Waals surface area contributed by atoms with Gasteiger partial charge in [0.25, 0.3) is 0 Å². The SMILES string of the molecule is O=C(NCc1nc(-c2ccncc2)n[nH]1)C1CCN(S(=O)(=O)c2cc(F)ccc2F)CC1. The molecule has 1 fully saturated rings. The van der Waals surface area contributed by atoms with Crippen molar-refractivity contribution in [2.45, 2.75) is 24.3 Å². The molecule has 4 rings (SSSR count). The summed E-state index contributed by atoms with van der Waals surface area (Å²) >= 11 is 0. The molecule has 0 unspecified atom stereocenters. The van der Waals surface area contributed by atoms with E-state index in [1.54, 1.807) is 24.5 Å². The maximum Gasteiger partial charge on any atom is 0.246 e. The molecule has 0 aliphatic carbocycles. The number of piperidine rings is 1. The first-order valence-corrected chi connectivity index (χ1v) is 11.3. The largest absolute Gasteiger partial charge is 0.349 e. The first-order chi connectivity index (χ1) is 15.3. The number of H-pyrrole nitrogens is 1. The monoisotopic (exact) mass is 462 g/mol. The molecule has 0 radical (unpaired) electrons. The van der Waals surface area contributed by atoms with E-state index in [4.69, 9.17) is 0 Å². The van der Waals surface area contributed by atoms with Crippen LogP contribution >= 0.6 is 0 Å². The number of carbonyl (C=O) groups is 1. The number of sulfonamides is 1. The topological polar surface area (TPSA) is 121 Å². The summed E-state index contributed by atoms with van der Waals surface area (Å²) < 4.78 is 53.8. The van der Waals surface area contributed by atoms with Gasteiger partial charge in [0.1, 0.15) is 22.4 Å². The third kappa shape index (κ3) is 4.65. The number of carbonyl (C=O) groups excluding carboxylic acids is 1. The Kier molecular flexibility index (Phi) is 6.24. The molecule has 2 aromatic heterocycles. The maximum atomic E-state index is 13.9. The highest BCUT2D eigenvalue weighted by Gasteiger charge is 2.33. The van der Waals surface area contributed by atoms with E-state index in [1.807, 2.05) is 0 Å². The number of rotatable bonds is 6. The first-order valence-electron chi connectivity index (χ1n) is 9.89. The molecule has 1 saturated heterocycles. The fourth-order valence-electron chi connectivity index (χ4n) is 3.49. The first kappa shape index (κ1) is 22.0. The molecule has 1 aliphatic heterocycles. The Hall–Kier alpha value is -3.25. The molecule has 168 valence electrons. The van der Waals surface area contributed by atoms with Gasteiger partial charge in [0.05, 0.1) is 6.54 Å². The molecule has 32 heavy (non-hydrogen) atoms. The van der Waals surface area contributed by atoms with Crippen molar-refractivity contribution in [1.29, 1.82) is 0 Å². The molecule has 3 heterocycles. The van der Waals surface area contributed by atoms with E-state index in [-0.39, 0.29) is 38.4 Å². The Morgan fingerprint density at radius 1 is 1.16 bits per heavy atom. The van der Waals surface area contributed by atoms with Gasteiger partial charge in [0.15, 0.2) is 5.82 Å². The highest BCUT2D eigenvalue weighted by Crippen LogP contribution is 2.26. The number of pyridine rings is 1. The molecule has 1 aromatic carbocycles. The lowest BCUT2D eigenvalue weighted by molar-refractivity contribution is -0.126. The number of nitrogens with zero attached hydrogens (tertiary/aromatic N) is 4. The van der Waals surface area contributed by atoms with Gasteiger partial charge in [0.2, 0.25) is 15.9 Å². The molecule has 2 N–H and O–H groups in total. The van der Waals surface area contributed by atoms with E-state index in [1.165, 1.54) is 0 Å². The van der Waals surface area contributed by atoms with E-state index in [0.717, 1.165) is 22.0 Å². The zero-order chi connectivity index (χ0) is 22.7. The van der Waals surface area contributed by atoms with Crippen LogP contribution in [-0.4, -0.2) is 51.9 Å². The number of nitrogens with one attached hydrogen (secondary N) is 2. The van der Waals surface area contributed by atoms with Crippen molar-refractivity contribution >= 4 is 15.9 Å². The summed E-state index contributed by atoms with van der Waals surface area (Å²) in [6, 6.07) is 5.85. The zero-order valence-corrected chi connectivity index (χ0v) is 17.6. The quantitative estimate of drug-likeness (QED) is 0.577. The van der Waals surface area contributed by atoms with Crippen molar-refractivity contribution in [3.63, 3.8) is 0 Å². The standard InChI is InChI=1S/C20H20F2N6O3S/c21-15-1-2-16(22)17(11-15)32(30,31)28-9-5-14(6-10-28)20(29)24-12-18-25-19(27-26-18)13-3-7-23-8-4-13/h1-4,7-8,11,14H,5-6,9-10,12H2,(H,24,29)(H,25,26,27). The van der Waals surface area contributed by atoms with Gasteiger partial charge in [-0.25, -0.2) is 22.2 Å². The molecular weight excluding hydrogens is 442 g/mol. The smallest absolute Gasteiger partial charge is 0.246 e. The Labute approximate surface area is 182 Å². The number of amides is 1. The molecule has 0 bridgehead atoms. The van der Waals surface area contributed by atoms with Crippen LogP contribution in [0.2, 0.25) is 0 Å². The fraction of sp³-hybridized carbons (Fsp3) is 0.300. The molecule has 0 saturated carbocycles. The predicted molar refractivity (Wildman–Crippen MR) is 109 cm³/mol. The summed E-state index contributed by atoms with van der Waals surface area (Å²) in [5.41, 5.74) is 0.789. The third-order valence-electron chi connectivity index (χ3n) is 5.24. The number of aromatic nitrogens is 4. The zero-order valence-electron chi connectivity index (χ0n) is 16.8. The van der Waals surface area contributed by atoms with Gasteiger partial charge >= 0.3 is 0 Å². The van der Waals surface area contributed by atoms with E-state index in [9.17, 15) is 22.0 Å². The maximum absolute atomic E-state index is 13.9. The molecule has 12 heteroatoms. The van der Waals surface area contributed by atoms with Crippen LogP contribution in [0.5, 0.6) is 0 Å². The number of halogens is 2. The minimum absolute atomic E-state index is 0.0326. The van der Waals surface area contributed by atoms with Crippen molar-refractivity contribution in [2.75, 3.05) is 13.1 Å². The van der Waals surface area contributed by atoms with Gasteiger partial charge in [0, 0.05) is 37.0 Å². The van der Waals surface area contributed by atoms with Gasteiger partial charge in [-0.05, 0) is 43.2 Å². The lowest BCUT2D eigenvalue weighted by Gasteiger charge is -2.30. The molecule has 0 spiro atoms. The van der Waals surface area contributed by atoms with E-state index in [2.05, 4.69) is 25.5 Å². The molecule has 1 amide bonds. The van der Waals surface area contributed by atoms with Gasteiger partial charge in [-0.1, -0.05) is 0 Å². The van der Waals surface area contributed by atoms with Crippen molar-refractivity contribution in [1.82, 2.24) is 29.8 Å². The van der Waals surface area contributed by atoms with Crippen LogP contribution in [0.25, 0.3) is 11.4 Å². The van der Waals surface area contributed by atoms with Crippen LogP contribution in [0, 0.1) is 17.6 Å². The second-order valence-electron chi connectivity index (χ2n) is 7.31. The second-order valence-corrected chi connectivity index (χ2v) is 9.22. The predicted octanol–water partition coefficient (Wildman–Crippen LogP) is 1.86. The summed E-state index contributed by atoms with van der Waals surface area (Å²) in [4.78, 5) is 20.1. The molecule has 0 atom stereocenters. The van der Waals surface area contributed by atoms with Crippen LogP contribution in [0.1, 0.15) is 18.7 Å². The molecule has 1 aliphatic rings. The van der Waals surface area contributed by atoms with Gasteiger partial charge in [-0.2, -0.15) is 9.40 Å². The van der Waals surface area contributed by atoms with Crippen LogP contribution in [-0.2, 0) is 21.4 Å². The third-order valence-corrected chi connectivity index (χ3v) is 7.15. The fourth-order valence-corrected chi connectivity index (χ4v) is 5.04. The summed E-state index contributed by atoms with van der Waals surface area (Å²) in [6.45, 7) is 0.208. The van der Waals surface area contributed by atoms with Crippen LogP contribution in [0.4, 0.5) is 8.78 Å². The average molecular weight is 462 g/mol. The number of aromatic amines is 1. The normalized spacial score (nSPS) is 15.6. The Balaban J connectivity index is 1.32. The van der Waals surface area contributed by atoms with Crippen LogP contribution < -0.4 is 5.32 Å². The van der Waals surface area contributed by atoms with E-state index in [0.29, 0.717) is 17.7 Å². The van der Waals surface area contributed by atoms with Crippen LogP contribution in [0.3, 0.4) is 0 Å². The summed E-state index contributed by atoms with van der Waals surface area (Å²) in [7, 11) is -4.18. The van der Waals surface area contributed by atoms with Crippen molar-refractivity contribution < 1.29 is 22.0 Å². The van der Waals surface area contributed by atoms with Gasteiger partial charge in [-0.15, -0.1) is 0 Å². The molecule has 3 aromatic rings. The Bertz CT molecular complexity index is 1210. The lowest BCUT2D eigenvalue weighted by Crippen LogP contribution is -2.43. The Morgan fingerprint density at radius 3 is 2.59 bits per heavy atom. The number of hydrogen-bond acceptors (Lipinski definition) is 6. The summed E-state index contributed by atoms with van der Waals surface area (Å²) in [6.07, 6.45) is 3.78. The molecular formula is C20H20F2N6O3S. The van der Waals surface area contributed by atoms with Crippen LogP contribution in [0.15, 0.2) is 47.6 Å². The summed E-state index contributed by atoms with van der Waals surface area (Å²) in [5.74, 6) is -1.52. The van der Waals surface area contributed by atoms with E-state index >= 15 is 0 Å². The molecule has 9 nitrogen and oxygen atoms in total.